The minimum atomic E-state index is -0.343. The molecule has 0 bridgehead atoms. The molecule has 0 aliphatic carbocycles. The molecule has 0 radical (unpaired) electrons. The summed E-state index contributed by atoms with van der Waals surface area (Å²) in [4.78, 5) is 0. The van der Waals surface area contributed by atoms with E-state index < -0.39 is 0 Å². The predicted molar refractivity (Wildman–Crippen MR) is 61.3 cm³/mol. The first-order valence-electron chi connectivity index (χ1n) is 4.73. The maximum Gasteiger partial charge on any atom is -0.412 e. The molecular formula is C11H16BFO3. The van der Waals surface area contributed by atoms with Crippen LogP contribution in [-0.2, 0) is 10.1 Å². The van der Waals surface area contributed by atoms with E-state index in [-0.39, 0.29) is 22.5 Å². The summed E-state index contributed by atoms with van der Waals surface area (Å²) < 4.78 is 29.3. The zero-order chi connectivity index (χ0) is 11.6. The molecule has 0 aliphatic rings. The first-order valence-corrected chi connectivity index (χ1v) is 4.73. The van der Waals surface area contributed by atoms with Gasteiger partial charge in [0.25, 0.3) is 0 Å². The first kappa shape index (κ1) is 14.8. The minimum absolute atomic E-state index is 0. The van der Waals surface area contributed by atoms with Gasteiger partial charge >= 0.3 is 89.0 Å². The smallest absolute Gasteiger partial charge is 0.412 e. The van der Waals surface area contributed by atoms with Crippen LogP contribution >= 0.6 is 0 Å². The summed E-state index contributed by atoms with van der Waals surface area (Å²) in [5.41, 5.74) is 0.572. The molecule has 0 unspecified atom stereocenters. The van der Waals surface area contributed by atoms with Crippen LogP contribution in [-0.4, -0.2) is 19.7 Å². The van der Waals surface area contributed by atoms with Crippen LogP contribution in [0.25, 0.3) is 0 Å². The molecule has 0 amide bonds. The Kier molecular flexibility index (Phi) is 4.81. The van der Waals surface area contributed by atoms with Crippen molar-refractivity contribution in [3.8, 4) is 5.75 Å². The summed E-state index contributed by atoms with van der Waals surface area (Å²) >= 11 is 0. The Hall–Kier alpha value is -1.23. The fourth-order valence-electron chi connectivity index (χ4n) is 1.42. The largest absolute Gasteiger partial charge is 0.412 e. The van der Waals surface area contributed by atoms with Crippen LogP contribution in [0.3, 0.4) is 0 Å². The van der Waals surface area contributed by atoms with Gasteiger partial charge in [-0.3, -0.25) is 0 Å². The molecule has 0 heterocycles. The van der Waals surface area contributed by atoms with E-state index in [9.17, 15) is 9.10 Å². The van der Waals surface area contributed by atoms with Gasteiger partial charge in [-0.25, -0.2) is 0 Å². The van der Waals surface area contributed by atoms with Crippen molar-refractivity contribution in [2.75, 3.05) is 7.11 Å². The fourth-order valence-corrected chi connectivity index (χ4v) is 1.42. The van der Waals surface area contributed by atoms with Crippen molar-refractivity contribution in [3.05, 3.63) is 23.5 Å². The molecule has 3 nitrogen and oxygen atoms in total. The molecule has 0 aromatic heterocycles. The summed E-state index contributed by atoms with van der Waals surface area (Å²) in [5, 5.41) is 0. The van der Waals surface area contributed by atoms with Gasteiger partial charge in [-0.05, 0) is 0 Å². The Morgan fingerprint density at radius 1 is 1.31 bits per heavy atom. The van der Waals surface area contributed by atoms with Gasteiger partial charge in [0.05, 0.1) is 0 Å². The second kappa shape index (κ2) is 5.21. The van der Waals surface area contributed by atoms with Gasteiger partial charge in [-0.15, -0.1) is 0 Å². The molecule has 0 aliphatic heterocycles. The monoisotopic (exact) mass is 226 g/mol. The molecule has 1 aromatic carbocycles. The Balaban J connectivity index is 0.00000225. The number of halogens is 1. The Bertz CT molecular complexity index is 386. The fraction of sp³-hybridized carbons (Fsp3) is 0.455. The van der Waals surface area contributed by atoms with Crippen LogP contribution in [0.5, 0.6) is 5.75 Å². The minimum Gasteiger partial charge on any atom is -0.412 e. The number of hydrogen-bond acceptors (Lipinski definition) is 2. The van der Waals surface area contributed by atoms with Crippen molar-refractivity contribution in [1.82, 2.24) is 0 Å². The third kappa shape index (κ3) is 2.89. The van der Waals surface area contributed by atoms with Crippen LogP contribution in [0.1, 0.15) is 26.3 Å². The number of benzene rings is 1. The normalized spacial score (nSPS) is 10.3. The molecule has 88 valence electrons. The zero-order valence-corrected chi connectivity index (χ0v) is 9.93. The zero-order valence-electron chi connectivity index (χ0n) is 9.93. The van der Waals surface area contributed by atoms with E-state index in [1.807, 2.05) is 20.8 Å². The van der Waals surface area contributed by atoms with Gasteiger partial charge in [-0.1, -0.05) is 0 Å². The average Bonchev–Trinajstić information content (AvgIpc) is 2.15. The summed E-state index contributed by atoms with van der Waals surface area (Å²) in [5.74, 6) is -0.0690. The van der Waals surface area contributed by atoms with E-state index in [4.69, 9.17) is 4.74 Å². The van der Waals surface area contributed by atoms with E-state index >= 15 is 0 Å². The molecule has 5 heteroatoms. The van der Waals surface area contributed by atoms with Crippen molar-refractivity contribution in [1.29, 1.82) is 0 Å². The number of rotatable bonds is 2. The van der Waals surface area contributed by atoms with Crippen molar-refractivity contribution < 1.29 is 19.3 Å². The van der Waals surface area contributed by atoms with Crippen LogP contribution in [0.4, 0.5) is 4.39 Å². The molecule has 0 fully saturated rings. The topological polar surface area (TPSA) is 57.8 Å². The van der Waals surface area contributed by atoms with Crippen LogP contribution in [0.2, 0.25) is 0 Å². The molecule has 1 aromatic rings. The van der Waals surface area contributed by atoms with Crippen LogP contribution < -0.4 is 10.2 Å². The summed E-state index contributed by atoms with van der Waals surface area (Å²) in [7, 11) is 2.09. The van der Waals surface area contributed by atoms with Crippen LogP contribution in [0, 0.1) is 5.82 Å². The van der Waals surface area contributed by atoms with Gasteiger partial charge in [0.1, 0.15) is 0 Å². The van der Waals surface area contributed by atoms with E-state index in [0.29, 0.717) is 18.2 Å². The van der Waals surface area contributed by atoms with Gasteiger partial charge in [-0.2, -0.15) is 0 Å². The Morgan fingerprint density at radius 2 is 1.88 bits per heavy atom. The van der Waals surface area contributed by atoms with Crippen molar-refractivity contribution >= 4 is 12.6 Å². The summed E-state index contributed by atoms with van der Waals surface area (Å²) in [6.45, 7) is 5.69. The standard InChI is InChI=1S/C11H14BFO2.H2O/c1-11(2,3)7-5-8(12-14)10(15-4)6-9(7)13;/h5-6H,1-4H3;1H2. The number of methoxy groups -OCH3 is 1. The summed E-state index contributed by atoms with van der Waals surface area (Å²) in [6, 6.07) is 2.80. The molecule has 16 heavy (non-hydrogen) atoms. The Labute approximate surface area is 95.2 Å². The quantitative estimate of drug-likeness (QED) is 0.705. The maximum atomic E-state index is 13.7. The average molecular weight is 226 g/mol. The van der Waals surface area contributed by atoms with Gasteiger partial charge < -0.3 is 5.48 Å². The molecule has 0 spiro atoms. The molecule has 0 saturated heterocycles. The SMILES string of the molecule is COc1cc(F)c(C(C)(C)C)cc1B=O.O. The molecule has 2 N–H and O–H groups in total. The summed E-state index contributed by atoms with van der Waals surface area (Å²) in [6.07, 6.45) is 0. The van der Waals surface area contributed by atoms with Crippen molar-refractivity contribution in [2.45, 2.75) is 26.2 Å². The molecular weight excluding hydrogens is 210 g/mol. The third-order valence-corrected chi connectivity index (χ3v) is 2.25. The van der Waals surface area contributed by atoms with E-state index in [1.54, 1.807) is 6.07 Å². The van der Waals surface area contributed by atoms with E-state index in [0.717, 1.165) is 0 Å². The van der Waals surface area contributed by atoms with Crippen LogP contribution in [0.15, 0.2) is 12.1 Å². The van der Waals surface area contributed by atoms with Gasteiger partial charge in [0, 0.05) is 0 Å². The maximum absolute atomic E-state index is 13.7. The van der Waals surface area contributed by atoms with E-state index in [1.165, 1.54) is 13.2 Å². The number of hydrogen-bond donors (Lipinski definition) is 0. The Morgan fingerprint density at radius 3 is 2.25 bits per heavy atom. The predicted octanol–water partition coefficient (Wildman–Crippen LogP) is 0.982. The molecule has 0 saturated carbocycles. The van der Waals surface area contributed by atoms with Gasteiger partial charge in [0.2, 0.25) is 0 Å². The van der Waals surface area contributed by atoms with E-state index in [2.05, 4.69) is 0 Å². The molecule has 1 rings (SSSR count). The van der Waals surface area contributed by atoms with Crippen molar-refractivity contribution in [2.24, 2.45) is 0 Å². The first-order chi connectivity index (χ1) is 6.90. The number of ether oxygens (including phenoxy) is 1. The third-order valence-electron chi connectivity index (χ3n) is 2.25. The molecule has 0 atom stereocenters. The second-order valence-corrected chi connectivity index (χ2v) is 4.44. The van der Waals surface area contributed by atoms with Gasteiger partial charge in [0.15, 0.2) is 0 Å². The second-order valence-electron chi connectivity index (χ2n) is 4.44. The van der Waals surface area contributed by atoms with Crippen molar-refractivity contribution in [3.63, 3.8) is 0 Å².